The van der Waals surface area contributed by atoms with Crippen LogP contribution < -0.4 is 15.0 Å². The zero-order valence-electron chi connectivity index (χ0n) is 17.3. The molecule has 0 saturated carbocycles. The van der Waals surface area contributed by atoms with E-state index in [0.29, 0.717) is 23.7 Å². The van der Waals surface area contributed by atoms with Gasteiger partial charge in [-0.3, -0.25) is 24.1 Å². The Bertz CT molecular complexity index is 846. The number of fused-ring (bicyclic) bond motifs is 1. The van der Waals surface area contributed by atoms with Crippen LogP contribution in [0.4, 0.5) is 11.4 Å². The molecular weight excluding hydrogens is 374 g/mol. The number of carbonyl (C=O) groups is 4. The second kappa shape index (κ2) is 7.85. The topological polar surface area (TPSA) is 96.0 Å². The molecule has 1 fully saturated rings. The molecule has 0 bridgehead atoms. The van der Waals surface area contributed by atoms with E-state index < -0.39 is 11.3 Å². The standard InChI is InChI=1S/C21H27N3O5/c1-13(2)10-23-15-6-5-14(9-16(15)29-12-21(3,4)20(23)28)22-17(25)11-24-18(26)7-8-19(24)27/h5-6,9,13H,7-8,10-12H2,1-4H3,(H,22,25). The van der Waals surface area contributed by atoms with Crippen LogP contribution in [0.15, 0.2) is 18.2 Å². The van der Waals surface area contributed by atoms with Crippen molar-refractivity contribution in [2.75, 3.05) is 29.9 Å². The van der Waals surface area contributed by atoms with Gasteiger partial charge in [-0.15, -0.1) is 0 Å². The van der Waals surface area contributed by atoms with Crippen molar-refractivity contribution in [2.24, 2.45) is 11.3 Å². The number of carbonyl (C=O) groups excluding carboxylic acids is 4. The number of nitrogens with zero attached hydrogens (tertiary/aromatic N) is 2. The molecule has 1 N–H and O–H groups in total. The van der Waals surface area contributed by atoms with Gasteiger partial charge in [0.1, 0.15) is 18.9 Å². The number of likely N-dealkylation sites (tertiary alicyclic amines) is 1. The first-order chi connectivity index (χ1) is 13.6. The molecule has 1 aromatic carbocycles. The monoisotopic (exact) mass is 401 g/mol. The Kier molecular flexibility index (Phi) is 5.64. The Morgan fingerprint density at radius 1 is 1.14 bits per heavy atom. The van der Waals surface area contributed by atoms with Crippen LogP contribution in [0.2, 0.25) is 0 Å². The fourth-order valence-electron chi connectivity index (χ4n) is 3.41. The van der Waals surface area contributed by atoms with Crippen LogP contribution in [0.25, 0.3) is 0 Å². The fraction of sp³-hybridized carbons (Fsp3) is 0.524. The minimum Gasteiger partial charge on any atom is -0.490 e. The third-order valence-electron chi connectivity index (χ3n) is 4.95. The zero-order chi connectivity index (χ0) is 21.3. The van der Waals surface area contributed by atoms with Crippen molar-refractivity contribution < 1.29 is 23.9 Å². The van der Waals surface area contributed by atoms with E-state index in [0.717, 1.165) is 4.90 Å². The van der Waals surface area contributed by atoms with Gasteiger partial charge < -0.3 is 15.0 Å². The van der Waals surface area contributed by atoms with E-state index in [1.54, 1.807) is 23.1 Å². The highest BCUT2D eigenvalue weighted by atomic mass is 16.5. The maximum atomic E-state index is 13.0. The Balaban J connectivity index is 1.80. The van der Waals surface area contributed by atoms with Crippen LogP contribution in [0.3, 0.4) is 0 Å². The zero-order valence-corrected chi connectivity index (χ0v) is 17.3. The molecule has 29 heavy (non-hydrogen) atoms. The van der Waals surface area contributed by atoms with Gasteiger partial charge in [0.25, 0.3) is 0 Å². The molecule has 0 spiro atoms. The molecule has 156 valence electrons. The maximum absolute atomic E-state index is 13.0. The molecule has 2 heterocycles. The average molecular weight is 401 g/mol. The molecule has 8 nitrogen and oxygen atoms in total. The highest BCUT2D eigenvalue weighted by molar-refractivity contribution is 6.06. The molecule has 4 amide bonds. The van der Waals surface area contributed by atoms with Crippen molar-refractivity contribution in [3.63, 3.8) is 0 Å². The summed E-state index contributed by atoms with van der Waals surface area (Å²) >= 11 is 0. The number of imide groups is 1. The molecule has 2 aliphatic rings. The molecule has 1 saturated heterocycles. The van der Waals surface area contributed by atoms with Crippen LogP contribution >= 0.6 is 0 Å². The van der Waals surface area contributed by atoms with Crippen LogP contribution in [-0.2, 0) is 19.2 Å². The number of nitrogens with one attached hydrogen (secondary N) is 1. The summed E-state index contributed by atoms with van der Waals surface area (Å²) in [5.41, 5.74) is 0.468. The van der Waals surface area contributed by atoms with Gasteiger partial charge in [-0.2, -0.15) is 0 Å². The highest BCUT2D eigenvalue weighted by Gasteiger charge is 2.38. The van der Waals surface area contributed by atoms with Crippen molar-refractivity contribution in [2.45, 2.75) is 40.5 Å². The SMILES string of the molecule is CC(C)CN1C(=O)C(C)(C)COc2cc(NC(=O)CN3C(=O)CCC3=O)ccc21. The summed E-state index contributed by atoms with van der Waals surface area (Å²) in [5, 5.41) is 2.70. The summed E-state index contributed by atoms with van der Waals surface area (Å²) in [6, 6.07) is 5.11. The van der Waals surface area contributed by atoms with Gasteiger partial charge in [-0.25, -0.2) is 0 Å². The van der Waals surface area contributed by atoms with Gasteiger partial charge in [0.15, 0.2) is 0 Å². The summed E-state index contributed by atoms with van der Waals surface area (Å²) < 4.78 is 5.90. The second-order valence-electron chi connectivity index (χ2n) is 8.59. The van der Waals surface area contributed by atoms with Crippen LogP contribution in [0.1, 0.15) is 40.5 Å². The summed E-state index contributed by atoms with van der Waals surface area (Å²) in [6.45, 7) is 8.26. The van der Waals surface area contributed by atoms with Crippen LogP contribution in [-0.4, -0.2) is 48.2 Å². The number of amides is 4. The molecule has 8 heteroatoms. The lowest BCUT2D eigenvalue weighted by atomic mass is 9.92. The van der Waals surface area contributed by atoms with Crippen molar-refractivity contribution >= 4 is 35.0 Å². The molecule has 0 radical (unpaired) electrons. The third kappa shape index (κ3) is 4.41. The predicted molar refractivity (Wildman–Crippen MR) is 107 cm³/mol. The van der Waals surface area contributed by atoms with Gasteiger partial charge in [-0.1, -0.05) is 13.8 Å². The molecule has 0 aromatic heterocycles. The normalized spacial score (nSPS) is 18.6. The molecular formula is C21H27N3O5. The minimum atomic E-state index is -0.673. The van der Waals surface area contributed by atoms with Gasteiger partial charge in [0.05, 0.1) is 11.1 Å². The van der Waals surface area contributed by atoms with E-state index in [4.69, 9.17) is 4.74 Å². The van der Waals surface area contributed by atoms with E-state index >= 15 is 0 Å². The van der Waals surface area contributed by atoms with E-state index in [1.807, 2.05) is 27.7 Å². The lowest BCUT2D eigenvalue weighted by molar-refractivity contribution is -0.141. The first-order valence-electron chi connectivity index (χ1n) is 9.80. The lowest BCUT2D eigenvalue weighted by Gasteiger charge is -2.29. The van der Waals surface area contributed by atoms with Crippen molar-refractivity contribution in [3.05, 3.63) is 18.2 Å². The number of benzene rings is 1. The number of hydrogen-bond acceptors (Lipinski definition) is 5. The quantitative estimate of drug-likeness (QED) is 0.763. The van der Waals surface area contributed by atoms with Crippen LogP contribution in [0.5, 0.6) is 5.75 Å². The van der Waals surface area contributed by atoms with Crippen LogP contribution in [0, 0.1) is 11.3 Å². The molecule has 2 aliphatic heterocycles. The molecule has 0 atom stereocenters. The molecule has 1 aromatic rings. The van der Waals surface area contributed by atoms with Crippen molar-refractivity contribution in [1.82, 2.24) is 4.90 Å². The summed E-state index contributed by atoms with van der Waals surface area (Å²) in [6.07, 6.45) is 0.294. The summed E-state index contributed by atoms with van der Waals surface area (Å²) in [5.74, 6) is -0.349. The molecule has 0 aliphatic carbocycles. The van der Waals surface area contributed by atoms with Gasteiger partial charge in [-0.05, 0) is 31.9 Å². The van der Waals surface area contributed by atoms with E-state index in [-0.39, 0.29) is 49.6 Å². The third-order valence-corrected chi connectivity index (χ3v) is 4.95. The van der Waals surface area contributed by atoms with E-state index in [1.165, 1.54) is 0 Å². The Labute approximate surface area is 170 Å². The van der Waals surface area contributed by atoms with Gasteiger partial charge in [0.2, 0.25) is 23.6 Å². The highest BCUT2D eigenvalue weighted by Crippen LogP contribution is 2.38. The largest absolute Gasteiger partial charge is 0.490 e. The maximum Gasteiger partial charge on any atom is 0.244 e. The predicted octanol–water partition coefficient (Wildman–Crippen LogP) is 2.18. The Morgan fingerprint density at radius 3 is 2.41 bits per heavy atom. The smallest absolute Gasteiger partial charge is 0.244 e. The minimum absolute atomic E-state index is 0.00667. The lowest BCUT2D eigenvalue weighted by Crippen LogP contribution is -2.43. The molecule has 0 unspecified atom stereocenters. The van der Waals surface area contributed by atoms with Gasteiger partial charge in [0, 0.05) is 31.1 Å². The number of rotatable bonds is 5. The van der Waals surface area contributed by atoms with E-state index in [9.17, 15) is 19.2 Å². The van der Waals surface area contributed by atoms with E-state index in [2.05, 4.69) is 5.32 Å². The Hall–Kier alpha value is -2.90. The number of anilines is 2. The second-order valence-corrected chi connectivity index (χ2v) is 8.59. The summed E-state index contributed by atoms with van der Waals surface area (Å²) in [4.78, 5) is 51.4. The van der Waals surface area contributed by atoms with Gasteiger partial charge >= 0.3 is 0 Å². The Morgan fingerprint density at radius 2 is 1.79 bits per heavy atom. The number of hydrogen-bond donors (Lipinski definition) is 1. The average Bonchev–Trinajstić information content (AvgIpc) is 2.91. The van der Waals surface area contributed by atoms with Crippen molar-refractivity contribution in [3.8, 4) is 5.75 Å². The number of ether oxygens (including phenoxy) is 1. The van der Waals surface area contributed by atoms with Crippen molar-refractivity contribution in [1.29, 1.82) is 0 Å². The first kappa shape index (κ1) is 20.8. The fourth-order valence-corrected chi connectivity index (χ4v) is 3.41. The summed E-state index contributed by atoms with van der Waals surface area (Å²) in [7, 11) is 0. The first-order valence-corrected chi connectivity index (χ1v) is 9.80. The molecule has 3 rings (SSSR count).